The summed E-state index contributed by atoms with van der Waals surface area (Å²) in [6.45, 7) is 0. The van der Waals surface area contributed by atoms with Crippen molar-refractivity contribution in [2.45, 2.75) is 0 Å². The first-order valence-corrected chi connectivity index (χ1v) is 21.5. The van der Waals surface area contributed by atoms with E-state index in [-0.39, 0.29) is 0 Å². The normalized spacial score (nSPS) is 11.6. The molecule has 0 aliphatic heterocycles. The van der Waals surface area contributed by atoms with Gasteiger partial charge in [-0.25, -0.2) is 9.97 Å². The van der Waals surface area contributed by atoms with Gasteiger partial charge in [-0.3, -0.25) is 0 Å². The van der Waals surface area contributed by atoms with Gasteiger partial charge in [0.1, 0.15) is 0 Å². The van der Waals surface area contributed by atoms with Gasteiger partial charge in [-0.2, -0.15) is 0 Å². The van der Waals surface area contributed by atoms with Crippen LogP contribution in [0.4, 0.5) is 0 Å². The van der Waals surface area contributed by atoms with Crippen molar-refractivity contribution in [2.75, 3.05) is 0 Å². The Balaban J connectivity index is 1.08. The minimum absolute atomic E-state index is 0.726. The lowest BCUT2D eigenvalue weighted by atomic mass is 9.88. The fourth-order valence-corrected chi connectivity index (χ4v) is 10.3. The van der Waals surface area contributed by atoms with Crippen molar-refractivity contribution >= 4 is 64.0 Å². The summed E-state index contributed by atoms with van der Waals surface area (Å²) >= 11 is 1.77. The number of aromatic nitrogens is 2. The summed E-state index contributed by atoms with van der Waals surface area (Å²) in [5, 5.41) is 8.37. The highest BCUT2D eigenvalue weighted by molar-refractivity contribution is 7.26. The molecule has 3 heteroatoms. The maximum absolute atomic E-state index is 5.54. The molecular weight excluding hydrogens is 757 g/mol. The van der Waals surface area contributed by atoms with E-state index < -0.39 is 0 Å². The molecule has 12 rings (SSSR count). The van der Waals surface area contributed by atoms with Crippen LogP contribution in [0.2, 0.25) is 0 Å². The number of nitrogens with zero attached hydrogens (tertiary/aromatic N) is 2. The third kappa shape index (κ3) is 6.09. The van der Waals surface area contributed by atoms with Crippen molar-refractivity contribution < 1.29 is 0 Å². The van der Waals surface area contributed by atoms with Crippen LogP contribution in [0.15, 0.2) is 218 Å². The maximum Gasteiger partial charge on any atom is 0.161 e. The number of hydrogen-bond donors (Lipinski definition) is 0. The molecule has 2 heterocycles. The van der Waals surface area contributed by atoms with Crippen molar-refractivity contribution in [3.05, 3.63) is 218 Å². The first-order chi connectivity index (χ1) is 30.2. The smallest absolute Gasteiger partial charge is 0.161 e. The van der Waals surface area contributed by atoms with Crippen LogP contribution in [-0.4, -0.2) is 9.97 Å². The van der Waals surface area contributed by atoms with E-state index in [1.807, 2.05) is 0 Å². The fraction of sp³-hybridized carbons (Fsp3) is 0. The molecule has 0 radical (unpaired) electrons. The van der Waals surface area contributed by atoms with Gasteiger partial charge >= 0.3 is 0 Å². The van der Waals surface area contributed by atoms with Crippen LogP contribution in [0.3, 0.4) is 0 Å². The largest absolute Gasteiger partial charge is 0.226 e. The van der Waals surface area contributed by atoms with Gasteiger partial charge in [0, 0.05) is 26.6 Å². The second-order valence-corrected chi connectivity index (χ2v) is 16.7. The Kier molecular flexibility index (Phi) is 8.39. The zero-order valence-electron chi connectivity index (χ0n) is 33.1. The van der Waals surface area contributed by atoms with Crippen molar-refractivity contribution in [3.63, 3.8) is 0 Å². The van der Waals surface area contributed by atoms with Crippen molar-refractivity contribution in [1.29, 1.82) is 0 Å². The van der Waals surface area contributed by atoms with Crippen LogP contribution in [-0.2, 0) is 0 Å². The van der Waals surface area contributed by atoms with E-state index in [9.17, 15) is 0 Å². The summed E-state index contributed by atoms with van der Waals surface area (Å²) in [5.41, 5.74) is 13.5. The SMILES string of the molecule is c1ccc(-c2cccc(-c3cccc(-c4cccc(-c5cc(-c6nc(-c7ccccc7)c7sc8ccccc8c7n6)c6c7ccccc7c7ccccc7c6c5)c4)c3)c2)cc1. The van der Waals surface area contributed by atoms with Gasteiger partial charge in [0.15, 0.2) is 5.82 Å². The molecule has 61 heavy (non-hydrogen) atoms. The van der Waals surface area contributed by atoms with E-state index >= 15 is 0 Å². The van der Waals surface area contributed by atoms with E-state index in [2.05, 4.69) is 218 Å². The standard InChI is InChI=1S/C58H36N2S/c1-3-16-37(17-4-1)39-20-13-21-40(32-39)41-22-14-23-42(33-41)43-24-15-25-44(34-43)45-35-51-48-28-8-7-26-46(48)47-27-9-10-29-49(47)54(51)52(36-45)58-59-55(38-18-5-2-6-19-38)57-56(60-58)50-30-11-12-31-53(50)61-57/h1-36H. The molecule has 2 nitrogen and oxygen atoms in total. The van der Waals surface area contributed by atoms with Crippen LogP contribution < -0.4 is 0 Å². The Labute approximate surface area is 357 Å². The van der Waals surface area contributed by atoms with Crippen LogP contribution in [0.25, 0.3) is 120 Å². The molecule has 284 valence electrons. The fourth-order valence-electron chi connectivity index (χ4n) is 9.15. The van der Waals surface area contributed by atoms with Gasteiger partial charge in [-0.05, 0) is 108 Å². The predicted molar refractivity (Wildman–Crippen MR) is 260 cm³/mol. The number of benzene rings is 10. The Morgan fingerprint density at radius 1 is 0.295 bits per heavy atom. The Hall–Kier alpha value is -7.72. The Bertz CT molecular complexity index is 3640. The quantitative estimate of drug-likeness (QED) is 0.157. The van der Waals surface area contributed by atoms with E-state index in [0.717, 1.165) is 60.3 Å². The van der Waals surface area contributed by atoms with Gasteiger partial charge < -0.3 is 0 Å². The van der Waals surface area contributed by atoms with E-state index in [0.29, 0.717) is 0 Å². The number of fused-ring (bicyclic) bond motifs is 9. The lowest BCUT2D eigenvalue weighted by Gasteiger charge is -2.17. The molecule has 10 aromatic carbocycles. The molecule has 0 bridgehead atoms. The zero-order chi connectivity index (χ0) is 40.3. The zero-order valence-corrected chi connectivity index (χ0v) is 33.9. The summed E-state index contributed by atoms with van der Waals surface area (Å²) in [6.07, 6.45) is 0. The molecular formula is C58H36N2S. The summed E-state index contributed by atoms with van der Waals surface area (Å²) in [6, 6.07) is 78.8. The van der Waals surface area contributed by atoms with Crippen LogP contribution >= 0.6 is 11.3 Å². The van der Waals surface area contributed by atoms with Gasteiger partial charge in [0.2, 0.25) is 0 Å². The Morgan fingerprint density at radius 3 is 1.34 bits per heavy atom. The average molecular weight is 793 g/mol. The molecule has 12 aromatic rings. The van der Waals surface area contributed by atoms with Crippen molar-refractivity contribution in [1.82, 2.24) is 9.97 Å². The maximum atomic E-state index is 5.54. The van der Waals surface area contributed by atoms with Crippen LogP contribution in [0.5, 0.6) is 0 Å². The predicted octanol–water partition coefficient (Wildman–Crippen LogP) is 16.3. The number of thiophene rings is 1. The molecule has 0 spiro atoms. The van der Waals surface area contributed by atoms with Gasteiger partial charge in [-0.15, -0.1) is 11.3 Å². The molecule has 2 aromatic heterocycles. The minimum Gasteiger partial charge on any atom is -0.226 e. The second kappa shape index (κ2) is 14.5. The summed E-state index contributed by atoms with van der Waals surface area (Å²) in [7, 11) is 0. The topological polar surface area (TPSA) is 25.8 Å². The van der Waals surface area contributed by atoms with Crippen LogP contribution in [0.1, 0.15) is 0 Å². The second-order valence-electron chi connectivity index (χ2n) is 15.7. The molecule has 0 fully saturated rings. The monoisotopic (exact) mass is 792 g/mol. The van der Waals surface area contributed by atoms with Gasteiger partial charge in [0.05, 0.1) is 15.9 Å². The number of rotatable bonds is 6. The highest BCUT2D eigenvalue weighted by atomic mass is 32.1. The summed E-state index contributed by atoms with van der Waals surface area (Å²) < 4.78 is 2.31. The highest BCUT2D eigenvalue weighted by Crippen LogP contribution is 2.45. The van der Waals surface area contributed by atoms with Gasteiger partial charge in [-0.1, -0.05) is 182 Å². The molecule has 0 saturated heterocycles. The van der Waals surface area contributed by atoms with Crippen LogP contribution in [0, 0.1) is 0 Å². The van der Waals surface area contributed by atoms with Crippen molar-refractivity contribution in [2.24, 2.45) is 0 Å². The summed E-state index contributed by atoms with van der Waals surface area (Å²) in [4.78, 5) is 11.1. The average Bonchev–Trinajstić information content (AvgIpc) is 3.73. The summed E-state index contributed by atoms with van der Waals surface area (Å²) in [5.74, 6) is 0.726. The lowest BCUT2D eigenvalue weighted by molar-refractivity contribution is 1.25. The van der Waals surface area contributed by atoms with E-state index in [1.54, 1.807) is 11.3 Å². The third-order valence-electron chi connectivity index (χ3n) is 12.0. The molecule has 0 amide bonds. The minimum atomic E-state index is 0.726. The molecule has 0 saturated carbocycles. The first-order valence-electron chi connectivity index (χ1n) is 20.7. The first kappa shape index (κ1) is 35.2. The molecule has 0 atom stereocenters. The van der Waals surface area contributed by atoms with E-state index in [1.165, 1.54) is 59.4 Å². The molecule has 0 aliphatic carbocycles. The molecule has 0 aliphatic rings. The van der Waals surface area contributed by atoms with Crippen molar-refractivity contribution in [3.8, 4) is 67.2 Å². The number of hydrogen-bond acceptors (Lipinski definition) is 3. The molecule has 0 unspecified atom stereocenters. The third-order valence-corrected chi connectivity index (χ3v) is 13.2. The lowest BCUT2D eigenvalue weighted by Crippen LogP contribution is -1.96. The Morgan fingerprint density at radius 2 is 0.738 bits per heavy atom. The molecule has 0 N–H and O–H groups in total. The van der Waals surface area contributed by atoms with Gasteiger partial charge in [0.25, 0.3) is 0 Å². The highest BCUT2D eigenvalue weighted by Gasteiger charge is 2.21. The van der Waals surface area contributed by atoms with E-state index in [4.69, 9.17) is 9.97 Å².